The second-order valence-corrected chi connectivity index (χ2v) is 7.93. The molecule has 4 N–H and O–H groups in total. The molecule has 2 rings (SSSR count). The maximum atomic E-state index is 12.8. The molecule has 0 radical (unpaired) electrons. The number of rotatable bonds is 5. The van der Waals surface area contributed by atoms with E-state index < -0.39 is 5.54 Å². The van der Waals surface area contributed by atoms with Crippen LogP contribution >= 0.6 is 11.8 Å². The summed E-state index contributed by atoms with van der Waals surface area (Å²) in [4.78, 5) is 12.8. The first-order valence-corrected chi connectivity index (χ1v) is 8.94. The lowest BCUT2D eigenvalue weighted by atomic mass is 9.46. The van der Waals surface area contributed by atoms with Crippen molar-refractivity contribution < 1.29 is 14.6 Å². The number of aliphatic hydroxyl groups is 1. The Kier molecular flexibility index (Phi) is 4.93. The van der Waals surface area contributed by atoms with Gasteiger partial charge < -0.3 is 20.9 Å². The van der Waals surface area contributed by atoms with E-state index in [1.165, 1.54) is 0 Å². The van der Waals surface area contributed by atoms with Gasteiger partial charge in [-0.1, -0.05) is 13.8 Å². The van der Waals surface area contributed by atoms with Crippen molar-refractivity contribution in [2.75, 3.05) is 19.5 Å². The summed E-state index contributed by atoms with van der Waals surface area (Å²) in [7, 11) is 0. The van der Waals surface area contributed by atoms with Gasteiger partial charge in [-0.25, -0.2) is 0 Å². The number of ether oxygens (including phenoxy) is 1. The molecule has 1 aliphatic carbocycles. The number of amides is 1. The fourth-order valence-electron chi connectivity index (χ4n) is 3.89. The number of nitrogens with two attached hydrogens (primary N) is 1. The van der Waals surface area contributed by atoms with Crippen LogP contribution in [0.3, 0.4) is 0 Å². The predicted molar refractivity (Wildman–Crippen MR) is 85.2 cm³/mol. The molecule has 0 aromatic carbocycles. The highest BCUT2D eigenvalue weighted by Gasteiger charge is 2.70. The van der Waals surface area contributed by atoms with Crippen LogP contribution in [0.5, 0.6) is 0 Å². The standard InChI is InChI=1S/C15H28N2O3S/c1-9(11(8-18)21-4)17-13(19)15(16)10-6-5-7-20-12(10)14(15,2)3/h9-12,18H,5-8,16H2,1-4H3,(H,17,19). The van der Waals surface area contributed by atoms with E-state index in [9.17, 15) is 9.90 Å². The first-order chi connectivity index (χ1) is 9.80. The SMILES string of the molecule is CSC(CO)C(C)NC(=O)C1(N)C2CCCOC2C1(C)C. The van der Waals surface area contributed by atoms with Crippen LogP contribution in [-0.4, -0.2) is 53.4 Å². The van der Waals surface area contributed by atoms with Gasteiger partial charge in [-0.2, -0.15) is 11.8 Å². The maximum absolute atomic E-state index is 12.8. The predicted octanol–water partition coefficient (Wildman–Crippen LogP) is 0.748. The molecule has 0 spiro atoms. The first kappa shape index (κ1) is 17.1. The zero-order valence-corrected chi connectivity index (χ0v) is 14.2. The van der Waals surface area contributed by atoms with Crippen molar-refractivity contribution in [2.45, 2.75) is 56.5 Å². The molecule has 1 aliphatic heterocycles. The van der Waals surface area contributed by atoms with Gasteiger partial charge in [-0.3, -0.25) is 4.79 Å². The number of thioether (sulfide) groups is 1. The van der Waals surface area contributed by atoms with Crippen LogP contribution in [0.15, 0.2) is 0 Å². The van der Waals surface area contributed by atoms with Crippen molar-refractivity contribution in [3.63, 3.8) is 0 Å². The summed E-state index contributed by atoms with van der Waals surface area (Å²) in [6.07, 6.45) is 3.91. The second-order valence-electron chi connectivity index (χ2n) is 6.85. The number of aliphatic hydroxyl groups excluding tert-OH is 1. The van der Waals surface area contributed by atoms with Gasteiger partial charge in [-0.15, -0.1) is 0 Å². The van der Waals surface area contributed by atoms with Crippen molar-refractivity contribution in [1.82, 2.24) is 5.32 Å². The van der Waals surface area contributed by atoms with Crippen molar-refractivity contribution in [1.29, 1.82) is 0 Å². The molecule has 1 saturated carbocycles. The normalized spacial score (nSPS) is 37.0. The zero-order valence-electron chi connectivity index (χ0n) is 13.4. The number of nitrogens with one attached hydrogen (secondary N) is 1. The third kappa shape index (κ3) is 2.50. The summed E-state index contributed by atoms with van der Waals surface area (Å²) in [6.45, 7) is 6.75. The fourth-order valence-corrected chi connectivity index (χ4v) is 4.52. The molecule has 5 atom stereocenters. The number of hydrogen-bond donors (Lipinski definition) is 3. The van der Waals surface area contributed by atoms with Gasteiger partial charge in [0.15, 0.2) is 0 Å². The van der Waals surface area contributed by atoms with E-state index in [0.29, 0.717) is 0 Å². The molecular formula is C15H28N2O3S. The Morgan fingerprint density at radius 1 is 1.57 bits per heavy atom. The Morgan fingerprint density at radius 2 is 2.24 bits per heavy atom. The lowest BCUT2D eigenvalue weighted by Crippen LogP contribution is -2.82. The van der Waals surface area contributed by atoms with Crippen LogP contribution in [0.2, 0.25) is 0 Å². The monoisotopic (exact) mass is 316 g/mol. The minimum Gasteiger partial charge on any atom is -0.395 e. The molecular weight excluding hydrogens is 288 g/mol. The molecule has 5 unspecified atom stereocenters. The molecule has 1 heterocycles. The number of carbonyl (C=O) groups is 1. The molecule has 5 nitrogen and oxygen atoms in total. The molecule has 2 aliphatic rings. The van der Waals surface area contributed by atoms with Crippen LogP contribution in [0, 0.1) is 11.3 Å². The van der Waals surface area contributed by atoms with Crippen molar-refractivity contribution in [3.05, 3.63) is 0 Å². The van der Waals surface area contributed by atoms with Gasteiger partial charge in [0, 0.05) is 29.2 Å². The molecule has 21 heavy (non-hydrogen) atoms. The quantitative estimate of drug-likeness (QED) is 0.697. The highest BCUT2D eigenvalue weighted by molar-refractivity contribution is 7.99. The Morgan fingerprint density at radius 3 is 2.81 bits per heavy atom. The van der Waals surface area contributed by atoms with E-state index in [1.54, 1.807) is 11.8 Å². The summed E-state index contributed by atoms with van der Waals surface area (Å²) < 4.78 is 5.83. The van der Waals surface area contributed by atoms with E-state index in [0.717, 1.165) is 19.4 Å². The van der Waals surface area contributed by atoms with Gasteiger partial charge in [0.05, 0.1) is 12.7 Å². The lowest BCUT2D eigenvalue weighted by molar-refractivity contribution is -0.225. The van der Waals surface area contributed by atoms with Gasteiger partial charge in [-0.05, 0) is 26.0 Å². The summed E-state index contributed by atoms with van der Waals surface area (Å²) in [5.41, 5.74) is 5.30. The Balaban J connectivity index is 2.10. The average Bonchev–Trinajstić information content (AvgIpc) is 2.47. The molecule has 1 amide bonds. The lowest BCUT2D eigenvalue weighted by Gasteiger charge is -2.65. The summed E-state index contributed by atoms with van der Waals surface area (Å²) in [6, 6.07) is -0.114. The van der Waals surface area contributed by atoms with Crippen molar-refractivity contribution in [3.8, 4) is 0 Å². The Bertz CT molecular complexity index is 400. The Hall–Kier alpha value is -0.300. The van der Waals surface area contributed by atoms with Gasteiger partial charge in [0.1, 0.15) is 5.54 Å². The maximum Gasteiger partial charge on any atom is 0.241 e. The smallest absolute Gasteiger partial charge is 0.241 e. The summed E-state index contributed by atoms with van der Waals surface area (Å²) >= 11 is 1.55. The topological polar surface area (TPSA) is 84.6 Å². The number of carbonyl (C=O) groups excluding carboxylic acids is 1. The van der Waals surface area contributed by atoms with E-state index >= 15 is 0 Å². The van der Waals surface area contributed by atoms with E-state index in [-0.39, 0.29) is 41.2 Å². The van der Waals surface area contributed by atoms with Crippen LogP contribution < -0.4 is 11.1 Å². The molecule has 0 bridgehead atoms. The summed E-state index contributed by atoms with van der Waals surface area (Å²) in [5.74, 6) is -0.0189. The minimum atomic E-state index is -0.884. The summed E-state index contributed by atoms with van der Waals surface area (Å²) in [5, 5.41) is 12.3. The third-order valence-electron chi connectivity index (χ3n) is 5.46. The molecule has 2 fully saturated rings. The minimum absolute atomic E-state index is 0.0147. The number of fused-ring (bicyclic) bond motifs is 1. The van der Waals surface area contributed by atoms with Crippen molar-refractivity contribution in [2.24, 2.45) is 17.1 Å². The average molecular weight is 316 g/mol. The van der Waals surface area contributed by atoms with Crippen LogP contribution in [0.25, 0.3) is 0 Å². The van der Waals surface area contributed by atoms with Crippen LogP contribution in [-0.2, 0) is 9.53 Å². The molecule has 122 valence electrons. The second kappa shape index (κ2) is 6.07. The molecule has 0 aromatic heterocycles. The molecule has 1 saturated heterocycles. The van der Waals surface area contributed by atoms with Gasteiger partial charge >= 0.3 is 0 Å². The molecule has 6 heteroatoms. The molecule has 0 aromatic rings. The van der Waals surface area contributed by atoms with E-state index in [2.05, 4.69) is 5.32 Å². The first-order valence-electron chi connectivity index (χ1n) is 7.65. The Labute approximate surface area is 131 Å². The van der Waals surface area contributed by atoms with Crippen molar-refractivity contribution >= 4 is 17.7 Å². The van der Waals surface area contributed by atoms with E-state index in [4.69, 9.17) is 10.5 Å². The van der Waals surface area contributed by atoms with E-state index in [1.807, 2.05) is 27.0 Å². The zero-order chi connectivity index (χ0) is 15.8. The van der Waals surface area contributed by atoms with Gasteiger partial charge in [0.25, 0.3) is 0 Å². The highest BCUT2D eigenvalue weighted by atomic mass is 32.2. The number of hydrogen-bond acceptors (Lipinski definition) is 5. The fraction of sp³-hybridized carbons (Fsp3) is 0.933. The van der Waals surface area contributed by atoms with Gasteiger partial charge in [0.2, 0.25) is 5.91 Å². The van der Waals surface area contributed by atoms with Crippen LogP contribution in [0.1, 0.15) is 33.6 Å². The van der Waals surface area contributed by atoms with Crippen LogP contribution in [0.4, 0.5) is 0 Å². The highest BCUT2D eigenvalue weighted by Crippen LogP contribution is 2.57. The largest absolute Gasteiger partial charge is 0.395 e. The third-order valence-corrected chi connectivity index (χ3v) is 6.62.